The van der Waals surface area contributed by atoms with Crippen molar-refractivity contribution in [2.75, 3.05) is 39.0 Å². The van der Waals surface area contributed by atoms with Gasteiger partial charge in [0.2, 0.25) is 0 Å². The molecule has 0 amide bonds. The summed E-state index contributed by atoms with van der Waals surface area (Å²) in [5, 5.41) is 7.74. The Morgan fingerprint density at radius 3 is 2.77 bits per heavy atom. The highest BCUT2D eigenvalue weighted by Gasteiger charge is 2.21. The van der Waals surface area contributed by atoms with Crippen molar-refractivity contribution in [3.05, 3.63) is 0 Å². The summed E-state index contributed by atoms with van der Waals surface area (Å²) in [6, 6.07) is 0.576. The summed E-state index contributed by atoms with van der Waals surface area (Å²) in [5.74, 6) is 3.13. The van der Waals surface area contributed by atoms with E-state index in [4.69, 9.17) is 0 Å². The van der Waals surface area contributed by atoms with Crippen molar-refractivity contribution < 1.29 is 0 Å². The molecule has 2 aliphatic heterocycles. The van der Waals surface area contributed by atoms with Crippen molar-refractivity contribution in [2.45, 2.75) is 50.8 Å². The molecule has 0 aliphatic carbocycles. The van der Waals surface area contributed by atoms with E-state index in [1.807, 2.05) is 7.05 Å². The maximum Gasteiger partial charge on any atom is 0.191 e. The van der Waals surface area contributed by atoms with Gasteiger partial charge in [-0.3, -0.25) is 9.89 Å². The molecular weight excluding hydrogens is 407 g/mol. The first-order valence-electron chi connectivity index (χ1n) is 8.49. The molecule has 0 aromatic rings. The molecule has 3 atom stereocenters. The molecule has 2 heterocycles. The zero-order valence-electron chi connectivity index (χ0n) is 14.3. The van der Waals surface area contributed by atoms with Crippen LogP contribution in [0.25, 0.3) is 0 Å². The zero-order valence-corrected chi connectivity index (χ0v) is 17.5. The quantitative estimate of drug-likeness (QED) is 0.392. The molecule has 2 N–H and O–H groups in total. The number of piperidine rings is 1. The number of hydrogen-bond donors (Lipinski definition) is 2. The van der Waals surface area contributed by atoms with Crippen LogP contribution in [0.5, 0.6) is 0 Å². The summed E-state index contributed by atoms with van der Waals surface area (Å²) in [6.45, 7) is 9.20. The van der Waals surface area contributed by atoms with E-state index < -0.39 is 0 Å². The third-order valence-electron chi connectivity index (χ3n) is 4.62. The smallest absolute Gasteiger partial charge is 0.191 e. The summed E-state index contributed by atoms with van der Waals surface area (Å²) in [5.41, 5.74) is 0. The summed E-state index contributed by atoms with van der Waals surface area (Å²) in [7, 11) is 1.87. The van der Waals surface area contributed by atoms with Gasteiger partial charge >= 0.3 is 0 Å². The van der Waals surface area contributed by atoms with Gasteiger partial charge in [-0.05, 0) is 50.8 Å². The van der Waals surface area contributed by atoms with Gasteiger partial charge < -0.3 is 10.6 Å². The first-order valence-corrected chi connectivity index (χ1v) is 9.54. The second kappa shape index (κ2) is 11.0. The minimum Gasteiger partial charge on any atom is -0.355 e. The average Bonchev–Trinajstić information content (AvgIpc) is 3.00. The van der Waals surface area contributed by atoms with E-state index in [0.29, 0.717) is 6.04 Å². The van der Waals surface area contributed by atoms with Gasteiger partial charge in [-0.2, -0.15) is 11.8 Å². The van der Waals surface area contributed by atoms with Crippen LogP contribution in [0.2, 0.25) is 0 Å². The fourth-order valence-corrected chi connectivity index (χ4v) is 4.44. The SMILES string of the molecule is CN=C(NCC1CCCS1)NCC(C)N1CCCC(C)C1.I. The lowest BCUT2D eigenvalue weighted by Crippen LogP contribution is -2.49. The number of nitrogens with one attached hydrogen (secondary N) is 2. The second-order valence-corrected chi connectivity index (χ2v) is 7.97. The lowest BCUT2D eigenvalue weighted by molar-refractivity contribution is 0.139. The topological polar surface area (TPSA) is 39.7 Å². The fraction of sp³-hybridized carbons (Fsp3) is 0.938. The Labute approximate surface area is 157 Å². The molecule has 0 radical (unpaired) electrons. The number of likely N-dealkylation sites (tertiary alicyclic amines) is 1. The number of nitrogens with zero attached hydrogens (tertiary/aromatic N) is 2. The maximum absolute atomic E-state index is 4.35. The van der Waals surface area contributed by atoms with E-state index in [-0.39, 0.29) is 24.0 Å². The molecule has 2 saturated heterocycles. The molecule has 0 spiro atoms. The van der Waals surface area contributed by atoms with Gasteiger partial charge in [-0.25, -0.2) is 0 Å². The molecule has 0 aromatic heterocycles. The van der Waals surface area contributed by atoms with Crippen molar-refractivity contribution in [3.8, 4) is 0 Å². The van der Waals surface area contributed by atoms with E-state index in [9.17, 15) is 0 Å². The predicted octanol–water partition coefficient (Wildman–Crippen LogP) is 2.79. The van der Waals surface area contributed by atoms with Crippen LogP contribution >= 0.6 is 35.7 Å². The van der Waals surface area contributed by atoms with E-state index >= 15 is 0 Å². The van der Waals surface area contributed by atoms with Crippen LogP contribution in [0.4, 0.5) is 0 Å². The van der Waals surface area contributed by atoms with Crippen molar-refractivity contribution in [1.29, 1.82) is 0 Å². The molecule has 130 valence electrons. The lowest BCUT2D eigenvalue weighted by Gasteiger charge is -2.35. The Bertz CT molecular complexity index is 334. The highest BCUT2D eigenvalue weighted by atomic mass is 127. The van der Waals surface area contributed by atoms with Gasteiger partial charge in [0.15, 0.2) is 5.96 Å². The van der Waals surface area contributed by atoms with Gasteiger partial charge in [0.1, 0.15) is 0 Å². The summed E-state index contributed by atoms with van der Waals surface area (Å²) in [6.07, 6.45) is 5.44. The van der Waals surface area contributed by atoms with Crippen LogP contribution in [0.1, 0.15) is 39.5 Å². The van der Waals surface area contributed by atoms with Crippen LogP contribution in [-0.2, 0) is 0 Å². The van der Waals surface area contributed by atoms with Crippen LogP contribution in [0.15, 0.2) is 4.99 Å². The predicted molar refractivity (Wildman–Crippen MR) is 110 cm³/mol. The zero-order chi connectivity index (χ0) is 15.1. The summed E-state index contributed by atoms with van der Waals surface area (Å²) in [4.78, 5) is 6.96. The first-order chi connectivity index (χ1) is 10.2. The number of aliphatic imine (C=N–C) groups is 1. The monoisotopic (exact) mass is 440 g/mol. The maximum atomic E-state index is 4.35. The molecule has 0 bridgehead atoms. The van der Waals surface area contributed by atoms with Gasteiger partial charge in [0.25, 0.3) is 0 Å². The normalized spacial score (nSPS) is 28.0. The molecule has 3 unspecified atom stereocenters. The van der Waals surface area contributed by atoms with Gasteiger partial charge in [-0.15, -0.1) is 24.0 Å². The minimum absolute atomic E-state index is 0. The van der Waals surface area contributed by atoms with Crippen molar-refractivity contribution in [3.63, 3.8) is 0 Å². The fourth-order valence-electron chi connectivity index (χ4n) is 3.24. The molecule has 2 rings (SSSR count). The molecule has 2 aliphatic rings. The van der Waals surface area contributed by atoms with Gasteiger partial charge in [0.05, 0.1) is 0 Å². The van der Waals surface area contributed by atoms with Gasteiger partial charge in [0, 0.05) is 38.0 Å². The minimum atomic E-state index is 0. The third-order valence-corrected chi connectivity index (χ3v) is 6.02. The largest absolute Gasteiger partial charge is 0.355 e. The number of rotatable bonds is 5. The Kier molecular flexibility index (Phi) is 10.1. The second-order valence-electron chi connectivity index (χ2n) is 6.56. The van der Waals surface area contributed by atoms with E-state index in [1.165, 1.54) is 44.5 Å². The molecule has 2 fully saturated rings. The highest BCUT2D eigenvalue weighted by molar-refractivity contribution is 14.0. The van der Waals surface area contributed by atoms with Crippen LogP contribution in [-0.4, -0.2) is 61.1 Å². The Balaban J connectivity index is 0.00000242. The van der Waals surface area contributed by atoms with Crippen molar-refractivity contribution in [1.82, 2.24) is 15.5 Å². The Morgan fingerprint density at radius 1 is 1.32 bits per heavy atom. The van der Waals surface area contributed by atoms with Crippen molar-refractivity contribution in [2.24, 2.45) is 10.9 Å². The highest BCUT2D eigenvalue weighted by Crippen LogP contribution is 2.25. The lowest BCUT2D eigenvalue weighted by atomic mass is 9.99. The van der Waals surface area contributed by atoms with E-state index in [0.717, 1.165) is 30.2 Å². The molecule has 0 saturated carbocycles. The number of halogens is 1. The Hall–Kier alpha value is 0.310. The number of guanidine groups is 1. The van der Waals surface area contributed by atoms with E-state index in [2.05, 4.69) is 46.1 Å². The van der Waals surface area contributed by atoms with Crippen molar-refractivity contribution >= 4 is 41.7 Å². The first kappa shape index (κ1) is 20.4. The molecule has 0 aromatic carbocycles. The van der Waals surface area contributed by atoms with Crippen LogP contribution < -0.4 is 10.6 Å². The molecular formula is C16H33IN4S. The van der Waals surface area contributed by atoms with Gasteiger partial charge in [-0.1, -0.05) is 6.92 Å². The molecule has 6 heteroatoms. The average molecular weight is 440 g/mol. The summed E-state index contributed by atoms with van der Waals surface area (Å²) < 4.78 is 0. The van der Waals surface area contributed by atoms with Crippen LogP contribution in [0.3, 0.4) is 0 Å². The molecule has 4 nitrogen and oxygen atoms in total. The van der Waals surface area contributed by atoms with E-state index in [1.54, 1.807) is 0 Å². The summed E-state index contributed by atoms with van der Waals surface area (Å²) >= 11 is 2.09. The third kappa shape index (κ3) is 6.83. The number of thioether (sulfide) groups is 1. The van der Waals surface area contributed by atoms with Crippen LogP contribution in [0, 0.1) is 5.92 Å². The standard InChI is InChI=1S/C16H32N4S.HI/c1-13-6-4-8-20(12-13)14(2)10-18-16(17-3)19-11-15-7-5-9-21-15;/h13-15H,4-12H2,1-3H3,(H2,17,18,19);1H. The molecule has 22 heavy (non-hydrogen) atoms. The number of hydrogen-bond acceptors (Lipinski definition) is 3. The Morgan fingerprint density at radius 2 is 2.14 bits per heavy atom.